The van der Waals surface area contributed by atoms with Crippen LogP contribution in [0.3, 0.4) is 0 Å². The lowest BCUT2D eigenvalue weighted by Gasteiger charge is -2.16. The second-order valence-corrected chi connectivity index (χ2v) is 10.2. The second-order valence-electron chi connectivity index (χ2n) is 8.56. The van der Waals surface area contributed by atoms with Crippen molar-refractivity contribution >= 4 is 21.7 Å². The van der Waals surface area contributed by atoms with Crippen molar-refractivity contribution in [1.82, 2.24) is 14.7 Å². The van der Waals surface area contributed by atoms with Gasteiger partial charge in [0.1, 0.15) is 28.7 Å². The molecule has 4 rings (SSSR count). The highest BCUT2D eigenvalue weighted by Gasteiger charge is 2.25. The Morgan fingerprint density at radius 1 is 1.00 bits per heavy atom. The summed E-state index contributed by atoms with van der Waals surface area (Å²) in [6.45, 7) is 5.63. The fourth-order valence-corrected chi connectivity index (χ4v) is 4.89. The van der Waals surface area contributed by atoms with E-state index in [1.807, 2.05) is 37.6 Å². The van der Waals surface area contributed by atoms with Gasteiger partial charge in [0.25, 0.3) is 15.9 Å². The number of halogens is 1. The lowest BCUT2D eigenvalue weighted by molar-refractivity contribution is 0.0978. The molecule has 0 aliphatic carbocycles. The third-order valence-electron chi connectivity index (χ3n) is 5.60. The number of aryl methyl sites for hydroxylation is 3. The summed E-state index contributed by atoms with van der Waals surface area (Å²) in [6.07, 6.45) is 0. The number of nitrogen functional groups attached to an aromatic ring is 1. The van der Waals surface area contributed by atoms with Gasteiger partial charge < -0.3 is 15.2 Å². The molecule has 3 N–H and O–H groups in total. The molecule has 4 aromatic rings. The van der Waals surface area contributed by atoms with E-state index in [4.69, 9.17) is 15.2 Å². The van der Waals surface area contributed by atoms with Gasteiger partial charge in [0.15, 0.2) is 5.03 Å². The number of carbonyl (C=O) groups is 1. The van der Waals surface area contributed by atoms with Crippen molar-refractivity contribution < 1.29 is 28.5 Å². The number of carbonyl (C=O) groups excluding carboxylic acids is 1. The van der Waals surface area contributed by atoms with Crippen LogP contribution in [0.1, 0.15) is 28.5 Å². The second kappa shape index (κ2) is 10.5. The zero-order valence-electron chi connectivity index (χ0n) is 21.1. The van der Waals surface area contributed by atoms with Crippen molar-refractivity contribution in [2.45, 2.75) is 25.8 Å². The van der Waals surface area contributed by atoms with Gasteiger partial charge in [-0.2, -0.15) is 8.42 Å². The first-order valence-electron chi connectivity index (χ1n) is 11.4. The van der Waals surface area contributed by atoms with E-state index in [0.717, 1.165) is 16.7 Å². The molecule has 2 aromatic heterocycles. The number of hydrogen-bond acceptors (Lipinski definition) is 8. The van der Waals surface area contributed by atoms with Gasteiger partial charge in [-0.15, -0.1) is 0 Å². The summed E-state index contributed by atoms with van der Waals surface area (Å²) in [5.74, 6) is -0.980. The van der Waals surface area contributed by atoms with Crippen molar-refractivity contribution in [3.8, 4) is 28.6 Å². The van der Waals surface area contributed by atoms with E-state index in [1.54, 1.807) is 0 Å². The number of nitrogens with zero attached hydrogens (tertiary/aromatic N) is 2. The summed E-state index contributed by atoms with van der Waals surface area (Å²) in [6, 6.07) is 14.7. The first-order valence-corrected chi connectivity index (χ1v) is 12.9. The van der Waals surface area contributed by atoms with Gasteiger partial charge in [-0.3, -0.25) is 4.79 Å². The lowest BCUT2D eigenvalue weighted by atomic mass is 10.1. The maximum absolute atomic E-state index is 13.8. The SMILES string of the molecule is COc1cc(F)ccc1-c1ccc(C(=O)NS(=O)(=O)c2cccc(N)n2)c(Oc2c(C)cc(C)cc2C)n1.[HH]. The maximum Gasteiger partial charge on any atom is 0.281 e. The number of aromatic nitrogens is 2. The Kier molecular flexibility index (Phi) is 7.31. The molecule has 0 radical (unpaired) electrons. The molecule has 1 amide bonds. The molecular weight excluding hydrogens is 511 g/mol. The Bertz CT molecular complexity index is 1640. The molecular formula is C27H27FN4O5S. The van der Waals surface area contributed by atoms with E-state index in [9.17, 15) is 17.6 Å². The van der Waals surface area contributed by atoms with Gasteiger partial charge in [0.05, 0.1) is 12.8 Å². The normalized spacial score (nSPS) is 11.2. The van der Waals surface area contributed by atoms with Crippen LogP contribution in [0.15, 0.2) is 65.7 Å². The van der Waals surface area contributed by atoms with Crippen molar-refractivity contribution in [2.24, 2.45) is 0 Å². The predicted octanol–water partition coefficient (Wildman–Crippen LogP) is 4.96. The average Bonchev–Trinajstić information content (AvgIpc) is 2.85. The molecule has 0 unspecified atom stereocenters. The van der Waals surface area contributed by atoms with Crippen LogP contribution < -0.4 is 19.9 Å². The average molecular weight is 539 g/mol. The Morgan fingerprint density at radius 3 is 2.37 bits per heavy atom. The zero-order chi connectivity index (χ0) is 27.6. The van der Waals surface area contributed by atoms with Crippen LogP contribution in [0.5, 0.6) is 17.4 Å². The van der Waals surface area contributed by atoms with E-state index in [0.29, 0.717) is 17.0 Å². The summed E-state index contributed by atoms with van der Waals surface area (Å²) in [5, 5.41) is -0.417. The summed E-state index contributed by atoms with van der Waals surface area (Å²) < 4.78 is 52.8. The minimum Gasteiger partial charge on any atom is -0.496 e. The number of pyridine rings is 2. The quantitative estimate of drug-likeness (QED) is 0.337. The van der Waals surface area contributed by atoms with Crippen LogP contribution in [0.25, 0.3) is 11.3 Å². The molecule has 2 aromatic carbocycles. The van der Waals surface area contributed by atoms with Gasteiger partial charge in [-0.25, -0.2) is 19.1 Å². The van der Waals surface area contributed by atoms with Crippen molar-refractivity contribution in [2.75, 3.05) is 12.8 Å². The molecule has 0 saturated heterocycles. The van der Waals surface area contributed by atoms with Crippen molar-refractivity contribution in [3.63, 3.8) is 0 Å². The van der Waals surface area contributed by atoms with Crippen LogP contribution in [-0.2, 0) is 10.0 Å². The Morgan fingerprint density at radius 2 is 1.71 bits per heavy atom. The van der Waals surface area contributed by atoms with Gasteiger partial charge in [0, 0.05) is 13.1 Å². The fourth-order valence-electron chi connectivity index (χ4n) is 3.95. The van der Waals surface area contributed by atoms with Crippen LogP contribution in [0.4, 0.5) is 10.2 Å². The molecule has 0 bridgehead atoms. The van der Waals surface area contributed by atoms with Crippen LogP contribution in [-0.4, -0.2) is 31.4 Å². The Balaban J connectivity index is 0.00000420. The molecule has 38 heavy (non-hydrogen) atoms. The number of benzene rings is 2. The minimum absolute atomic E-state index is 0. The van der Waals surface area contributed by atoms with Gasteiger partial charge >= 0.3 is 0 Å². The van der Waals surface area contributed by atoms with E-state index < -0.39 is 26.8 Å². The Hall–Kier alpha value is -4.51. The minimum atomic E-state index is -4.36. The van der Waals surface area contributed by atoms with E-state index >= 15 is 0 Å². The zero-order valence-corrected chi connectivity index (χ0v) is 21.9. The molecule has 0 spiro atoms. The topological polar surface area (TPSA) is 134 Å². The number of sulfonamides is 1. The van der Waals surface area contributed by atoms with E-state index in [2.05, 4.69) is 9.97 Å². The lowest BCUT2D eigenvalue weighted by Crippen LogP contribution is -2.31. The Labute approximate surface area is 221 Å². The highest BCUT2D eigenvalue weighted by atomic mass is 32.2. The molecule has 0 atom stereocenters. The maximum atomic E-state index is 13.8. The molecule has 0 saturated carbocycles. The summed E-state index contributed by atoms with van der Waals surface area (Å²) in [4.78, 5) is 21.5. The first kappa shape index (κ1) is 26.6. The van der Waals surface area contributed by atoms with Gasteiger partial charge in [0.2, 0.25) is 5.88 Å². The molecule has 0 fully saturated rings. The van der Waals surface area contributed by atoms with Crippen molar-refractivity contribution in [3.05, 3.63) is 88.7 Å². The molecule has 11 heteroatoms. The van der Waals surface area contributed by atoms with E-state index in [-0.39, 0.29) is 24.4 Å². The predicted molar refractivity (Wildman–Crippen MR) is 142 cm³/mol. The van der Waals surface area contributed by atoms with Crippen LogP contribution in [0.2, 0.25) is 0 Å². The summed E-state index contributed by atoms with van der Waals surface area (Å²) in [5.41, 5.74) is 8.80. The number of ether oxygens (including phenoxy) is 2. The summed E-state index contributed by atoms with van der Waals surface area (Å²) >= 11 is 0. The van der Waals surface area contributed by atoms with Crippen molar-refractivity contribution in [1.29, 1.82) is 0 Å². The number of rotatable bonds is 7. The number of methoxy groups -OCH3 is 1. The van der Waals surface area contributed by atoms with Gasteiger partial charge in [-0.05, 0) is 68.3 Å². The van der Waals surface area contributed by atoms with E-state index in [1.165, 1.54) is 55.6 Å². The third-order valence-corrected chi connectivity index (χ3v) is 6.83. The highest BCUT2D eigenvalue weighted by molar-refractivity contribution is 7.90. The standard InChI is InChI=1S/C27H25FN4O5S.H2/c1-15-12-16(2)25(17(3)13-15)37-27-20(26(33)32-38(34,35)24-7-5-6-23(29)31-24)10-11-21(30-27)19-9-8-18(28)14-22(19)36-4;/h5-14H,1-4H3,(H2,29,31)(H,32,33);1H. The summed E-state index contributed by atoms with van der Waals surface area (Å²) in [7, 11) is -2.96. The van der Waals surface area contributed by atoms with Crippen LogP contribution in [0, 0.1) is 26.6 Å². The number of nitrogens with two attached hydrogens (primary N) is 1. The number of hydrogen-bond donors (Lipinski definition) is 2. The molecule has 2 heterocycles. The third kappa shape index (κ3) is 5.57. The fraction of sp³-hybridized carbons (Fsp3) is 0.148. The molecule has 9 nitrogen and oxygen atoms in total. The number of nitrogens with one attached hydrogen (secondary N) is 1. The highest BCUT2D eigenvalue weighted by Crippen LogP contribution is 2.35. The molecule has 0 aliphatic rings. The largest absolute Gasteiger partial charge is 0.496 e. The number of anilines is 1. The van der Waals surface area contributed by atoms with Crippen LogP contribution >= 0.6 is 0 Å². The first-order chi connectivity index (χ1) is 18.0. The monoisotopic (exact) mass is 538 g/mol. The number of amides is 1. The smallest absolute Gasteiger partial charge is 0.281 e. The molecule has 0 aliphatic heterocycles. The molecule has 198 valence electrons. The van der Waals surface area contributed by atoms with Gasteiger partial charge in [-0.1, -0.05) is 23.8 Å².